The SMILES string of the molecule is CN1CCOC(CNC(=O)C2(N)CCC2)C1. The normalized spacial score (nSPS) is 29.5. The fourth-order valence-corrected chi connectivity index (χ4v) is 2.16. The number of ether oxygens (including phenoxy) is 1. The fraction of sp³-hybridized carbons (Fsp3) is 0.909. The van der Waals surface area contributed by atoms with Crippen LogP contribution in [-0.4, -0.2) is 55.7 Å². The summed E-state index contributed by atoms with van der Waals surface area (Å²) in [4.78, 5) is 14.0. The first-order valence-electron chi connectivity index (χ1n) is 5.97. The molecule has 5 nitrogen and oxygen atoms in total. The van der Waals surface area contributed by atoms with E-state index in [4.69, 9.17) is 10.5 Å². The van der Waals surface area contributed by atoms with E-state index < -0.39 is 5.54 Å². The summed E-state index contributed by atoms with van der Waals surface area (Å²) in [6.45, 7) is 3.15. The van der Waals surface area contributed by atoms with Gasteiger partial charge in [0, 0.05) is 19.6 Å². The molecule has 0 aromatic heterocycles. The van der Waals surface area contributed by atoms with Crippen LogP contribution in [0.1, 0.15) is 19.3 Å². The average molecular weight is 227 g/mol. The lowest BCUT2D eigenvalue weighted by Crippen LogP contribution is -2.60. The Labute approximate surface area is 96.3 Å². The Morgan fingerprint density at radius 1 is 1.62 bits per heavy atom. The fourth-order valence-electron chi connectivity index (χ4n) is 2.16. The van der Waals surface area contributed by atoms with Gasteiger partial charge in [-0.25, -0.2) is 0 Å². The van der Waals surface area contributed by atoms with E-state index in [1.54, 1.807) is 0 Å². The van der Waals surface area contributed by atoms with Crippen LogP contribution in [0.2, 0.25) is 0 Å². The molecule has 0 aromatic carbocycles. The zero-order chi connectivity index (χ0) is 11.6. The molecular weight excluding hydrogens is 206 g/mol. The van der Waals surface area contributed by atoms with Crippen molar-refractivity contribution in [3.05, 3.63) is 0 Å². The van der Waals surface area contributed by atoms with Gasteiger partial charge in [-0.05, 0) is 26.3 Å². The van der Waals surface area contributed by atoms with Crippen LogP contribution >= 0.6 is 0 Å². The largest absolute Gasteiger partial charge is 0.374 e. The summed E-state index contributed by atoms with van der Waals surface area (Å²) < 4.78 is 5.57. The maximum absolute atomic E-state index is 11.8. The van der Waals surface area contributed by atoms with Gasteiger partial charge in [0.05, 0.1) is 18.2 Å². The van der Waals surface area contributed by atoms with Gasteiger partial charge in [0.15, 0.2) is 0 Å². The minimum absolute atomic E-state index is 0.0180. The number of amides is 1. The summed E-state index contributed by atoms with van der Waals surface area (Å²) in [6, 6.07) is 0. The third-order valence-electron chi connectivity index (χ3n) is 3.53. The molecule has 92 valence electrons. The lowest BCUT2D eigenvalue weighted by Gasteiger charge is -2.37. The van der Waals surface area contributed by atoms with E-state index in [0.717, 1.165) is 39.0 Å². The van der Waals surface area contributed by atoms with Gasteiger partial charge in [-0.2, -0.15) is 0 Å². The molecule has 16 heavy (non-hydrogen) atoms. The Kier molecular flexibility index (Phi) is 3.47. The number of hydrogen-bond acceptors (Lipinski definition) is 4. The predicted octanol–water partition coefficient (Wildman–Crippen LogP) is -0.685. The predicted molar refractivity (Wildman–Crippen MR) is 61.0 cm³/mol. The molecule has 5 heteroatoms. The van der Waals surface area contributed by atoms with Crippen LogP contribution in [0.25, 0.3) is 0 Å². The van der Waals surface area contributed by atoms with E-state index in [0.29, 0.717) is 6.54 Å². The minimum atomic E-state index is -0.597. The highest BCUT2D eigenvalue weighted by Gasteiger charge is 2.40. The van der Waals surface area contributed by atoms with Crippen LogP contribution < -0.4 is 11.1 Å². The van der Waals surface area contributed by atoms with Crippen LogP contribution in [0, 0.1) is 0 Å². The van der Waals surface area contributed by atoms with Crippen LogP contribution in [0.4, 0.5) is 0 Å². The summed E-state index contributed by atoms with van der Waals surface area (Å²) in [6.07, 6.45) is 2.78. The third-order valence-corrected chi connectivity index (χ3v) is 3.53. The highest BCUT2D eigenvalue weighted by Crippen LogP contribution is 2.28. The van der Waals surface area contributed by atoms with Gasteiger partial charge >= 0.3 is 0 Å². The molecular formula is C11H21N3O2. The maximum Gasteiger partial charge on any atom is 0.240 e. The van der Waals surface area contributed by atoms with Crippen molar-refractivity contribution in [3.63, 3.8) is 0 Å². The van der Waals surface area contributed by atoms with Crippen LogP contribution in [0.15, 0.2) is 0 Å². The summed E-state index contributed by atoms with van der Waals surface area (Å²) >= 11 is 0. The van der Waals surface area contributed by atoms with Crippen molar-refractivity contribution in [1.82, 2.24) is 10.2 Å². The Bertz CT molecular complexity index is 266. The van der Waals surface area contributed by atoms with Crippen molar-refractivity contribution in [3.8, 4) is 0 Å². The van der Waals surface area contributed by atoms with Crippen molar-refractivity contribution in [1.29, 1.82) is 0 Å². The van der Waals surface area contributed by atoms with Gasteiger partial charge in [-0.3, -0.25) is 4.79 Å². The third kappa shape index (κ3) is 2.53. The molecule has 1 heterocycles. The summed E-state index contributed by atoms with van der Waals surface area (Å²) in [7, 11) is 2.06. The van der Waals surface area contributed by atoms with Crippen LogP contribution in [0.3, 0.4) is 0 Å². The number of likely N-dealkylation sites (N-methyl/N-ethyl adjacent to an activating group) is 1. The zero-order valence-electron chi connectivity index (χ0n) is 9.87. The number of nitrogens with two attached hydrogens (primary N) is 1. The van der Waals surface area contributed by atoms with Crippen molar-refractivity contribution in [2.24, 2.45) is 5.73 Å². The number of nitrogens with zero attached hydrogens (tertiary/aromatic N) is 1. The first-order chi connectivity index (χ1) is 7.60. The standard InChI is InChI=1S/C11H21N3O2/c1-14-5-6-16-9(8-14)7-13-10(15)11(12)3-2-4-11/h9H,2-8,12H2,1H3,(H,13,15). The summed E-state index contributed by atoms with van der Waals surface area (Å²) in [5.41, 5.74) is 5.33. The van der Waals surface area contributed by atoms with E-state index in [-0.39, 0.29) is 12.0 Å². The van der Waals surface area contributed by atoms with E-state index in [1.165, 1.54) is 0 Å². The Morgan fingerprint density at radius 2 is 2.38 bits per heavy atom. The zero-order valence-corrected chi connectivity index (χ0v) is 9.87. The Balaban J connectivity index is 1.72. The van der Waals surface area contributed by atoms with Crippen molar-refractivity contribution >= 4 is 5.91 Å². The molecule has 2 aliphatic rings. The lowest BCUT2D eigenvalue weighted by molar-refractivity contribution is -0.130. The topological polar surface area (TPSA) is 67.6 Å². The smallest absolute Gasteiger partial charge is 0.240 e. The number of nitrogens with one attached hydrogen (secondary N) is 1. The summed E-state index contributed by atoms with van der Waals surface area (Å²) in [5.74, 6) is -0.0180. The minimum Gasteiger partial charge on any atom is -0.374 e. The maximum atomic E-state index is 11.8. The van der Waals surface area contributed by atoms with Gasteiger partial charge in [-0.15, -0.1) is 0 Å². The van der Waals surface area contributed by atoms with Gasteiger partial charge in [-0.1, -0.05) is 0 Å². The molecule has 0 spiro atoms. The number of rotatable bonds is 3. The van der Waals surface area contributed by atoms with E-state index in [1.807, 2.05) is 0 Å². The molecule has 0 aromatic rings. The van der Waals surface area contributed by atoms with Crippen molar-refractivity contribution < 1.29 is 9.53 Å². The van der Waals surface area contributed by atoms with Gasteiger partial charge in [0.25, 0.3) is 0 Å². The second-order valence-electron chi connectivity index (χ2n) is 4.97. The molecule has 1 aliphatic heterocycles. The van der Waals surface area contributed by atoms with Crippen molar-refractivity contribution in [2.45, 2.75) is 30.9 Å². The highest BCUT2D eigenvalue weighted by atomic mass is 16.5. The molecule has 0 radical (unpaired) electrons. The second kappa shape index (κ2) is 4.69. The molecule has 0 bridgehead atoms. The van der Waals surface area contributed by atoms with Crippen LogP contribution in [-0.2, 0) is 9.53 Å². The number of carbonyl (C=O) groups is 1. The Morgan fingerprint density at radius 3 is 2.94 bits per heavy atom. The molecule has 1 amide bonds. The van der Waals surface area contributed by atoms with Crippen LogP contribution in [0.5, 0.6) is 0 Å². The molecule has 2 rings (SSSR count). The second-order valence-corrected chi connectivity index (χ2v) is 4.97. The van der Waals surface area contributed by atoms with Gasteiger partial charge < -0.3 is 20.7 Å². The lowest BCUT2D eigenvalue weighted by atomic mass is 9.77. The summed E-state index contributed by atoms with van der Waals surface area (Å²) in [5, 5.41) is 2.90. The number of carbonyl (C=O) groups excluding carboxylic acids is 1. The number of hydrogen-bond donors (Lipinski definition) is 2. The van der Waals surface area contributed by atoms with E-state index in [2.05, 4.69) is 17.3 Å². The first-order valence-corrected chi connectivity index (χ1v) is 5.97. The van der Waals surface area contributed by atoms with E-state index >= 15 is 0 Å². The average Bonchev–Trinajstić information content (AvgIpc) is 2.22. The van der Waals surface area contributed by atoms with Gasteiger partial charge in [0.1, 0.15) is 0 Å². The quantitative estimate of drug-likeness (QED) is 0.670. The number of morpholine rings is 1. The molecule has 1 saturated heterocycles. The molecule has 1 atom stereocenters. The highest BCUT2D eigenvalue weighted by molar-refractivity contribution is 5.87. The first kappa shape index (κ1) is 11.8. The molecule has 1 aliphatic carbocycles. The molecule has 1 unspecified atom stereocenters. The molecule has 1 saturated carbocycles. The van der Waals surface area contributed by atoms with Crippen molar-refractivity contribution in [2.75, 3.05) is 33.3 Å². The van der Waals surface area contributed by atoms with Gasteiger partial charge in [0.2, 0.25) is 5.91 Å². The molecule has 2 fully saturated rings. The molecule has 3 N–H and O–H groups in total. The Hall–Kier alpha value is -0.650. The van der Waals surface area contributed by atoms with E-state index in [9.17, 15) is 4.79 Å². The monoisotopic (exact) mass is 227 g/mol.